The van der Waals surface area contributed by atoms with Crippen LogP contribution < -0.4 is 5.32 Å². The summed E-state index contributed by atoms with van der Waals surface area (Å²) in [5.74, 6) is 2.16. The molecule has 1 saturated carbocycles. The van der Waals surface area contributed by atoms with Gasteiger partial charge in [0.15, 0.2) is 0 Å². The van der Waals surface area contributed by atoms with Crippen LogP contribution in [-0.2, 0) is 4.74 Å². The normalized spacial score (nSPS) is 42.4. The lowest BCUT2D eigenvalue weighted by atomic mass is 9.68. The molecule has 0 amide bonds. The molecule has 0 spiro atoms. The van der Waals surface area contributed by atoms with Gasteiger partial charge in [0.25, 0.3) is 0 Å². The predicted octanol–water partition coefficient (Wildman–Crippen LogP) is 4.53. The number of ether oxygens (including phenoxy) is 1. The van der Waals surface area contributed by atoms with Crippen molar-refractivity contribution in [3.05, 3.63) is 35.5 Å². The first-order valence-corrected chi connectivity index (χ1v) is 10.4. The number of hydrogen-bond acceptors (Lipinski definition) is 2. The van der Waals surface area contributed by atoms with E-state index in [1.54, 1.807) is 11.1 Å². The van der Waals surface area contributed by atoms with Crippen molar-refractivity contribution in [1.29, 1.82) is 0 Å². The average molecular weight is 325 g/mol. The van der Waals surface area contributed by atoms with Crippen LogP contribution >= 0.6 is 0 Å². The predicted molar refractivity (Wildman–Crippen MR) is 97.8 cm³/mol. The molecule has 0 radical (unpaired) electrons. The molecule has 5 atom stereocenters. The van der Waals surface area contributed by atoms with Crippen molar-refractivity contribution >= 4 is 0 Å². The molecule has 0 bridgehead atoms. The Balaban J connectivity index is 1.41. The summed E-state index contributed by atoms with van der Waals surface area (Å²) in [5.41, 5.74) is 3.34. The van der Waals surface area contributed by atoms with E-state index in [1.165, 1.54) is 64.3 Å². The second kappa shape index (κ2) is 6.46. The van der Waals surface area contributed by atoms with Crippen molar-refractivity contribution in [3.8, 4) is 0 Å². The molecule has 2 heterocycles. The van der Waals surface area contributed by atoms with Gasteiger partial charge in [-0.3, -0.25) is 0 Å². The fourth-order valence-electron chi connectivity index (χ4n) is 6.14. The van der Waals surface area contributed by atoms with Gasteiger partial charge in [-0.05, 0) is 68.1 Å². The van der Waals surface area contributed by atoms with E-state index in [-0.39, 0.29) is 0 Å². The first-order chi connectivity index (χ1) is 11.9. The third-order valence-corrected chi connectivity index (χ3v) is 7.23. The van der Waals surface area contributed by atoms with Gasteiger partial charge in [0, 0.05) is 12.0 Å². The van der Waals surface area contributed by atoms with E-state index in [4.69, 9.17) is 4.74 Å². The third kappa shape index (κ3) is 2.54. The topological polar surface area (TPSA) is 21.3 Å². The smallest absolute Gasteiger partial charge is 0.0836 e. The lowest BCUT2D eigenvalue weighted by molar-refractivity contribution is 0.0645. The van der Waals surface area contributed by atoms with Crippen LogP contribution in [0.25, 0.3) is 0 Å². The molecule has 2 heteroatoms. The molecule has 0 aromatic rings. The first-order valence-electron chi connectivity index (χ1n) is 10.4. The van der Waals surface area contributed by atoms with Crippen LogP contribution in [0.15, 0.2) is 35.5 Å². The molecule has 5 rings (SSSR count). The van der Waals surface area contributed by atoms with E-state index < -0.39 is 0 Å². The summed E-state index contributed by atoms with van der Waals surface area (Å²) in [6.45, 7) is 1.19. The molecule has 130 valence electrons. The minimum absolute atomic E-state index is 0.326. The van der Waals surface area contributed by atoms with Gasteiger partial charge >= 0.3 is 0 Å². The Labute approximate surface area is 146 Å². The second-order valence-corrected chi connectivity index (χ2v) is 8.53. The molecule has 3 aliphatic carbocycles. The maximum absolute atomic E-state index is 6.70. The van der Waals surface area contributed by atoms with Gasteiger partial charge in [0.05, 0.1) is 12.2 Å². The number of hydrogen-bond donors (Lipinski definition) is 1. The number of nitrogens with one attached hydrogen (secondary N) is 1. The van der Waals surface area contributed by atoms with E-state index in [0.29, 0.717) is 24.2 Å². The summed E-state index contributed by atoms with van der Waals surface area (Å²) < 4.78 is 6.70. The lowest BCUT2D eigenvalue weighted by Gasteiger charge is -2.36. The van der Waals surface area contributed by atoms with Crippen LogP contribution in [-0.4, -0.2) is 24.8 Å². The zero-order chi connectivity index (χ0) is 15.9. The van der Waals surface area contributed by atoms with Gasteiger partial charge in [-0.15, -0.1) is 0 Å². The van der Waals surface area contributed by atoms with Crippen LogP contribution in [0.3, 0.4) is 0 Å². The highest BCUT2D eigenvalue weighted by atomic mass is 16.5. The summed E-state index contributed by atoms with van der Waals surface area (Å²) >= 11 is 0. The fraction of sp³-hybridized carbons (Fsp3) is 0.727. The largest absolute Gasteiger partial charge is 0.366 e. The molecule has 2 aliphatic heterocycles. The van der Waals surface area contributed by atoms with Crippen molar-refractivity contribution in [2.24, 2.45) is 17.8 Å². The van der Waals surface area contributed by atoms with E-state index in [0.717, 1.165) is 11.8 Å². The van der Waals surface area contributed by atoms with Crippen LogP contribution in [0.4, 0.5) is 0 Å². The van der Waals surface area contributed by atoms with Crippen LogP contribution in [0.2, 0.25) is 0 Å². The molecular weight excluding hydrogens is 294 g/mol. The Morgan fingerprint density at radius 2 is 1.88 bits per heavy atom. The Hall–Kier alpha value is -0.860. The van der Waals surface area contributed by atoms with Gasteiger partial charge in [0.2, 0.25) is 0 Å². The van der Waals surface area contributed by atoms with Gasteiger partial charge < -0.3 is 10.1 Å². The number of rotatable bonds is 2. The van der Waals surface area contributed by atoms with E-state index in [9.17, 15) is 0 Å². The molecule has 0 aromatic carbocycles. The molecule has 0 aromatic heterocycles. The Kier molecular flexibility index (Phi) is 4.14. The van der Waals surface area contributed by atoms with Gasteiger partial charge in [-0.25, -0.2) is 0 Å². The van der Waals surface area contributed by atoms with Gasteiger partial charge in [0.1, 0.15) is 0 Å². The first kappa shape index (κ1) is 15.4. The number of allylic oxidation sites excluding steroid dienone is 3. The van der Waals surface area contributed by atoms with Crippen molar-refractivity contribution in [2.75, 3.05) is 6.54 Å². The standard InChI is InChI=1S/C22H31NO/c1-2-7-15(8-3-1)16-9-4-11-18-21-17(19-12-6-14-23-19)10-5-13-20(21)24-22(16)18/h5,9-10,13,15,18-23H,1-4,6-8,11-12,14H2. The second-order valence-electron chi connectivity index (χ2n) is 8.53. The molecule has 2 nitrogen and oxygen atoms in total. The lowest BCUT2D eigenvalue weighted by Crippen LogP contribution is -2.36. The molecule has 5 aliphatic rings. The molecule has 24 heavy (non-hydrogen) atoms. The number of fused-ring (bicyclic) bond motifs is 3. The zero-order valence-electron chi connectivity index (χ0n) is 14.8. The molecular formula is C22H31NO. The zero-order valence-corrected chi connectivity index (χ0v) is 14.8. The molecule has 2 saturated heterocycles. The Morgan fingerprint density at radius 1 is 0.958 bits per heavy atom. The highest BCUT2D eigenvalue weighted by Gasteiger charge is 2.49. The maximum Gasteiger partial charge on any atom is 0.0836 e. The van der Waals surface area contributed by atoms with E-state index in [2.05, 4.69) is 29.6 Å². The van der Waals surface area contributed by atoms with Crippen molar-refractivity contribution < 1.29 is 4.74 Å². The monoisotopic (exact) mass is 325 g/mol. The minimum atomic E-state index is 0.326. The molecule has 1 N–H and O–H groups in total. The SMILES string of the molecule is C1=CC2OC3C(C4CCCCC4)=CCCC3C2C(C2CCCN2)=C1. The highest BCUT2D eigenvalue weighted by Crippen LogP contribution is 2.50. The Bertz CT molecular complexity index is 563. The summed E-state index contributed by atoms with van der Waals surface area (Å²) in [7, 11) is 0. The Morgan fingerprint density at radius 3 is 2.71 bits per heavy atom. The van der Waals surface area contributed by atoms with Crippen molar-refractivity contribution in [3.63, 3.8) is 0 Å². The quantitative estimate of drug-likeness (QED) is 0.753. The average Bonchev–Trinajstić information content (AvgIpc) is 3.29. The van der Waals surface area contributed by atoms with E-state index in [1.807, 2.05) is 0 Å². The summed E-state index contributed by atoms with van der Waals surface area (Å²) in [5, 5.41) is 3.74. The fourth-order valence-corrected chi connectivity index (χ4v) is 6.14. The molecule has 3 fully saturated rings. The highest BCUT2D eigenvalue weighted by molar-refractivity contribution is 5.35. The van der Waals surface area contributed by atoms with Crippen LogP contribution in [0.1, 0.15) is 57.8 Å². The third-order valence-electron chi connectivity index (χ3n) is 7.23. The maximum atomic E-state index is 6.70. The van der Waals surface area contributed by atoms with Gasteiger partial charge in [-0.2, -0.15) is 0 Å². The summed E-state index contributed by atoms with van der Waals surface area (Å²) in [6, 6.07) is 0.605. The summed E-state index contributed by atoms with van der Waals surface area (Å²) in [4.78, 5) is 0. The van der Waals surface area contributed by atoms with Crippen LogP contribution in [0.5, 0.6) is 0 Å². The molecule has 5 unspecified atom stereocenters. The van der Waals surface area contributed by atoms with E-state index >= 15 is 0 Å². The minimum Gasteiger partial charge on any atom is -0.366 e. The van der Waals surface area contributed by atoms with Crippen LogP contribution in [0, 0.1) is 17.8 Å². The van der Waals surface area contributed by atoms with Gasteiger partial charge in [-0.1, -0.05) is 43.6 Å². The summed E-state index contributed by atoms with van der Waals surface area (Å²) in [6.07, 6.45) is 22.6. The van der Waals surface area contributed by atoms with Crippen molar-refractivity contribution in [2.45, 2.75) is 76.0 Å². The van der Waals surface area contributed by atoms with Crippen molar-refractivity contribution in [1.82, 2.24) is 5.32 Å².